The molecule has 2 saturated carbocycles. The van der Waals surface area contributed by atoms with E-state index in [1.807, 2.05) is 6.92 Å². The highest BCUT2D eigenvalue weighted by molar-refractivity contribution is 5.92. The molecule has 0 saturated heterocycles. The summed E-state index contributed by atoms with van der Waals surface area (Å²) >= 11 is 0. The highest BCUT2D eigenvalue weighted by Gasteiger charge is 2.53. The molecule has 2 fully saturated rings. The Morgan fingerprint density at radius 2 is 2.12 bits per heavy atom. The molecule has 0 heterocycles. The van der Waals surface area contributed by atoms with Gasteiger partial charge in [-0.1, -0.05) is 6.92 Å². The predicted molar refractivity (Wildman–Crippen MR) is 60.4 cm³/mol. The van der Waals surface area contributed by atoms with Gasteiger partial charge in [-0.15, -0.1) is 0 Å². The summed E-state index contributed by atoms with van der Waals surface area (Å²) < 4.78 is 0. The molecule has 0 unspecified atom stereocenters. The van der Waals surface area contributed by atoms with Crippen LogP contribution in [0.15, 0.2) is 0 Å². The minimum atomic E-state index is -0.866. The number of hydrogen-bond donors (Lipinski definition) is 1. The van der Waals surface area contributed by atoms with Gasteiger partial charge >= 0.3 is 5.97 Å². The predicted octanol–water partition coefficient (Wildman–Crippen LogP) is 1.82. The van der Waals surface area contributed by atoms with Crippen molar-refractivity contribution in [2.24, 2.45) is 17.3 Å². The van der Waals surface area contributed by atoms with Crippen LogP contribution in [0.2, 0.25) is 0 Å². The second-order valence-electron chi connectivity index (χ2n) is 5.49. The number of fused-ring (bicyclic) bond motifs is 1. The first-order valence-electron chi connectivity index (χ1n) is 6.23. The summed E-state index contributed by atoms with van der Waals surface area (Å²) in [6.45, 7) is 1.95. The van der Waals surface area contributed by atoms with Crippen LogP contribution < -0.4 is 0 Å². The van der Waals surface area contributed by atoms with Crippen LogP contribution in [0.1, 0.15) is 45.4 Å². The number of carbonyl (C=O) groups is 3. The van der Waals surface area contributed by atoms with E-state index in [9.17, 15) is 14.4 Å². The van der Waals surface area contributed by atoms with Crippen molar-refractivity contribution >= 4 is 17.5 Å². The lowest BCUT2D eigenvalue weighted by Gasteiger charge is -2.39. The monoisotopic (exact) mass is 238 g/mol. The molecule has 0 aromatic heterocycles. The lowest BCUT2D eigenvalue weighted by molar-refractivity contribution is -0.139. The average molecular weight is 238 g/mol. The van der Waals surface area contributed by atoms with Gasteiger partial charge < -0.3 is 5.11 Å². The summed E-state index contributed by atoms with van der Waals surface area (Å²) in [5.74, 6) is -0.583. The fourth-order valence-corrected chi connectivity index (χ4v) is 3.50. The topological polar surface area (TPSA) is 71.4 Å². The average Bonchev–Trinajstić information content (AvgIpc) is 2.55. The second-order valence-corrected chi connectivity index (χ2v) is 5.49. The molecular formula is C13H18O4. The zero-order valence-electron chi connectivity index (χ0n) is 10.1. The number of Topliss-reactive ketones (excluding diaryl/α,β-unsaturated/α-hetero) is 2. The van der Waals surface area contributed by atoms with E-state index in [2.05, 4.69) is 0 Å². The summed E-state index contributed by atoms with van der Waals surface area (Å²) in [5, 5.41) is 8.71. The van der Waals surface area contributed by atoms with Crippen LogP contribution >= 0.6 is 0 Å². The Hall–Kier alpha value is -1.19. The van der Waals surface area contributed by atoms with E-state index in [0.29, 0.717) is 25.7 Å². The van der Waals surface area contributed by atoms with Gasteiger partial charge in [-0.05, 0) is 25.2 Å². The Kier molecular flexibility index (Phi) is 3.06. The Bertz CT molecular complexity index is 374. The number of carboxylic acids is 1. The van der Waals surface area contributed by atoms with Gasteiger partial charge in [0, 0.05) is 30.6 Å². The quantitative estimate of drug-likeness (QED) is 0.814. The molecule has 0 aliphatic heterocycles. The van der Waals surface area contributed by atoms with Crippen LogP contribution in [-0.4, -0.2) is 22.6 Å². The lowest BCUT2D eigenvalue weighted by Crippen LogP contribution is -2.42. The standard InChI is InChI=1S/C13H18O4/c1-13-7-6-10(14)8(2-5-12(16)17)9(13)3-4-11(13)15/h8-9H,2-7H2,1H3,(H,16,17)/t8-,9-,13-/m0/s1. The molecule has 3 atom stereocenters. The second kappa shape index (κ2) is 4.24. The van der Waals surface area contributed by atoms with E-state index >= 15 is 0 Å². The largest absolute Gasteiger partial charge is 0.481 e. The van der Waals surface area contributed by atoms with Crippen LogP contribution in [0.25, 0.3) is 0 Å². The summed E-state index contributed by atoms with van der Waals surface area (Å²) in [6, 6.07) is 0. The fourth-order valence-electron chi connectivity index (χ4n) is 3.50. The Morgan fingerprint density at radius 3 is 2.76 bits per heavy atom. The molecule has 0 bridgehead atoms. The van der Waals surface area contributed by atoms with Gasteiger partial charge in [0.15, 0.2) is 0 Å². The van der Waals surface area contributed by atoms with E-state index in [4.69, 9.17) is 5.11 Å². The van der Waals surface area contributed by atoms with Gasteiger partial charge in [0.1, 0.15) is 11.6 Å². The van der Waals surface area contributed by atoms with Crippen LogP contribution in [-0.2, 0) is 14.4 Å². The molecule has 0 aromatic carbocycles. The first-order chi connectivity index (χ1) is 7.95. The van der Waals surface area contributed by atoms with Gasteiger partial charge in [-0.3, -0.25) is 14.4 Å². The summed E-state index contributed by atoms with van der Waals surface area (Å²) in [6.07, 6.45) is 2.81. The van der Waals surface area contributed by atoms with Crippen LogP contribution in [0, 0.1) is 17.3 Å². The van der Waals surface area contributed by atoms with Gasteiger partial charge in [0.25, 0.3) is 0 Å². The highest BCUT2D eigenvalue weighted by atomic mass is 16.4. The lowest BCUT2D eigenvalue weighted by atomic mass is 9.62. The zero-order chi connectivity index (χ0) is 12.6. The molecule has 0 amide bonds. The third-order valence-corrected chi connectivity index (χ3v) is 4.60. The van der Waals surface area contributed by atoms with Crippen LogP contribution in [0.4, 0.5) is 0 Å². The molecular weight excluding hydrogens is 220 g/mol. The van der Waals surface area contributed by atoms with Gasteiger partial charge in [0.2, 0.25) is 0 Å². The smallest absolute Gasteiger partial charge is 0.303 e. The third-order valence-electron chi connectivity index (χ3n) is 4.60. The first-order valence-corrected chi connectivity index (χ1v) is 6.23. The number of hydrogen-bond acceptors (Lipinski definition) is 3. The maximum Gasteiger partial charge on any atom is 0.303 e. The van der Waals surface area contributed by atoms with E-state index in [1.54, 1.807) is 0 Å². The fraction of sp³-hybridized carbons (Fsp3) is 0.769. The number of carboxylic acid groups (broad SMARTS) is 1. The number of aliphatic carboxylic acids is 1. The maximum absolute atomic E-state index is 11.9. The maximum atomic E-state index is 11.9. The Labute approximate surface area is 100 Å². The minimum absolute atomic E-state index is 0.0250. The van der Waals surface area contributed by atoms with Crippen molar-refractivity contribution in [3.63, 3.8) is 0 Å². The van der Waals surface area contributed by atoms with Gasteiger partial charge in [0.05, 0.1) is 0 Å². The molecule has 4 nitrogen and oxygen atoms in total. The van der Waals surface area contributed by atoms with Crippen molar-refractivity contribution in [1.29, 1.82) is 0 Å². The SMILES string of the molecule is C[C@]12CCC(=O)[C@@H](CCC(=O)O)[C@@H]1CCC2=O. The van der Waals surface area contributed by atoms with Crippen molar-refractivity contribution in [3.8, 4) is 0 Å². The normalized spacial score (nSPS) is 37.0. The number of rotatable bonds is 3. The first kappa shape index (κ1) is 12.3. The molecule has 4 heteroatoms. The molecule has 2 aliphatic rings. The summed E-state index contributed by atoms with van der Waals surface area (Å²) in [5.41, 5.74) is -0.364. The summed E-state index contributed by atoms with van der Waals surface area (Å²) in [4.78, 5) is 34.4. The van der Waals surface area contributed by atoms with E-state index in [-0.39, 0.29) is 35.2 Å². The molecule has 17 heavy (non-hydrogen) atoms. The van der Waals surface area contributed by atoms with Crippen molar-refractivity contribution in [2.45, 2.75) is 45.4 Å². The van der Waals surface area contributed by atoms with E-state index < -0.39 is 5.97 Å². The van der Waals surface area contributed by atoms with Crippen LogP contribution in [0.3, 0.4) is 0 Å². The zero-order valence-corrected chi connectivity index (χ0v) is 10.1. The van der Waals surface area contributed by atoms with E-state index in [1.165, 1.54) is 0 Å². The molecule has 0 radical (unpaired) electrons. The Balaban J connectivity index is 2.15. The van der Waals surface area contributed by atoms with Crippen molar-refractivity contribution < 1.29 is 19.5 Å². The van der Waals surface area contributed by atoms with Crippen molar-refractivity contribution in [1.82, 2.24) is 0 Å². The number of carbonyl (C=O) groups excluding carboxylic acids is 2. The number of ketones is 2. The van der Waals surface area contributed by atoms with Crippen molar-refractivity contribution in [3.05, 3.63) is 0 Å². The Morgan fingerprint density at radius 1 is 1.41 bits per heavy atom. The van der Waals surface area contributed by atoms with Gasteiger partial charge in [-0.2, -0.15) is 0 Å². The van der Waals surface area contributed by atoms with Crippen molar-refractivity contribution in [2.75, 3.05) is 0 Å². The minimum Gasteiger partial charge on any atom is -0.481 e. The molecule has 94 valence electrons. The highest BCUT2D eigenvalue weighted by Crippen LogP contribution is 2.52. The molecule has 2 aliphatic carbocycles. The molecule has 1 N–H and O–H groups in total. The molecule has 2 rings (SSSR count). The van der Waals surface area contributed by atoms with E-state index in [0.717, 1.165) is 6.42 Å². The third kappa shape index (κ3) is 2.01. The molecule has 0 aromatic rings. The summed E-state index contributed by atoms with van der Waals surface area (Å²) in [7, 11) is 0. The van der Waals surface area contributed by atoms with Gasteiger partial charge in [-0.25, -0.2) is 0 Å². The molecule has 0 spiro atoms. The van der Waals surface area contributed by atoms with Crippen LogP contribution in [0.5, 0.6) is 0 Å².